The second-order valence-electron chi connectivity index (χ2n) is 8.86. The molecule has 0 saturated heterocycles. The molecule has 9 nitrogen and oxygen atoms in total. The average molecular weight is 468 g/mol. The molecule has 1 amide bonds. The second kappa shape index (κ2) is 8.12. The minimum Gasteiger partial charge on any atom is -0.494 e. The molecule has 3 N–H and O–H groups in total. The van der Waals surface area contributed by atoms with Crippen molar-refractivity contribution < 1.29 is 9.53 Å². The van der Waals surface area contributed by atoms with Gasteiger partial charge < -0.3 is 24.9 Å². The molecule has 1 aliphatic rings. The summed E-state index contributed by atoms with van der Waals surface area (Å²) in [5.41, 5.74) is 13.7. The van der Waals surface area contributed by atoms with E-state index in [9.17, 15) is 4.79 Å². The number of pyridine rings is 1. The van der Waals surface area contributed by atoms with Gasteiger partial charge in [-0.2, -0.15) is 0 Å². The van der Waals surface area contributed by atoms with Crippen molar-refractivity contribution in [2.24, 2.45) is 7.05 Å². The highest BCUT2D eigenvalue weighted by molar-refractivity contribution is 5.95. The molecule has 0 bridgehead atoms. The van der Waals surface area contributed by atoms with Crippen molar-refractivity contribution in [1.29, 1.82) is 0 Å². The zero-order valence-electron chi connectivity index (χ0n) is 19.6. The van der Waals surface area contributed by atoms with Crippen LogP contribution >= 0.6 is 0 Å². The number of aryl methyl sites for hydroxylation is 2. The number of amides is 1. The van der Waals surface area contributed by atoms with Gasteiger partial charge in [0.1, 0.15) is 23.2 Å². The first-order chi connectivity index (χ1) is 17.0. The number of fused-ring (bicyclic) bond motifs is 4. The standard InChI is InChI=1S/C26H25N7O2/c1-32-9-8-16-10-15(13-28-26(16)32)11-22(34)31-19-7-6-17(12-21(19)35-2)33-20-5-3-4-18(20)23-24(33)25(27)30-14-29-23/h6-10,12-14H,3-5,11H2,1-2H3,(H,31,34)(H2,27,29,30). The Morgan fingerprint density at radius 3 is 2.91 bits per heavy atom. The number of nitrogens with two attached hydrogens (primary N) is 1. The maximum absolute atomic E-state index is 12.8. The number of nitrogens with zero attached hydrogens (tertiary/aromatic N) is 5. The minimum absolute atomic E-state index is 0.141. The van der Waals surface area contributed by atoms with E-state index in [-0.39, 0.29) is 12.3 Å². The van der Waals surface area contributed by atoms with E-state index in [2.05, 4.69) is 24.8 Å². The number of hydrogen-bond donors (Lipinski definition) is 2. The molecule has 0 fully saturated rings. The number of anilines is 2. The quantitative estimate of drug-likeness (QED) is 0.409. The molecule has 9 heteroatoms. The number of nitrogen functional groups attached to an aromatic ring is 1. The molecule has 0 radical (unpaired) electrons. The molecular formula is C26H25N7O2. The number of methoxy groups -OCH3 is 1. The van der Waals surface area contributed by atoms with Gasteiger partial charge >= 0.3 is 0 Å². The predicted octanol–water partition coefficient (Wildman–Crippen LogP) is 3.57. The predicted molar refractivity (Wildman–Crippen MR) is 135 cm³/mol. The lowest BCUT2D eigenvalue weighted by Gasteiger charge is -2.15. The van der Waals surface area contributed by atoms with E-state index in [0.717, 1.165) is 52.6 Å². The summed E-state index contributed by atoms with van der Waals surface area (Å²) in [6.45, 7) is 0. The summed E-state index contributed by atoms with van der Waals surface area (Å²) in [6.07, 6.45) is 8.44. The number of ether oxygens (including phenoxy) is 1. The Morgan fingerprint density at radius 1 is 1.17 bits per heavy atom. The molecule has 176 valence electrons. The van der Waals surface area contributed by atoms with E-state index >= 15 is 0 Å². The van der Waals surface area contributed by atoms with Gasteiger partial charge in [0.05, 0.1) is 24.7 Å². The molecule has 1 aromatic carbocycles. The molecule has 4 aromatic heterocycles. The molecule has 6 rings (SSSR count). The highest BCUT2D eigenvalue weighted by Gasteiger charge is 2.25. The van der Waals surface area contributed by atoms with E-state index in [0.29, 0.717) is 17.3 Å². The van der Waals surface area contributed by atoms with E-state index in [1.807, 2.05) is 48.1 Å². The summed E-state index contributed by atoms with van der Waals surface area (Å²) >= 11 is 0. The molecular weight excluding hydrogens is 442 g/mol. The number of carbonyl (C=O) groups is 1. The number of nitrogens with one attached hydrogen (secondary N) is 1. The fourth-order valence-electron chi connectivity index (χ4n) is 5.08. The van der Waals surface area contributed by atoms with Crippen LogP contribution in [-0.2, 0) is 31.1 Å². The van der Waals surface area contributed by atoms with Crippen LogP contribution < -0.4 is 15.8 Å². The second-order valence-corrected chi connectivity index (χ2v) is 8.86. The van der Waals surface area contributed by atoms with Gasteiger partial charge in [0.2, 0.25) is 5.91 Å². The van der Waals surface area contributed by atoms with Crippen LogP contribution in [0.4, 0.5) is 11.5 Å². The Labute approximate surface area is 201 Å². The van der Waals surface area contributed by atoms with Crippen molar-refractivity contribution in [3.05, 3.63) is 65.9 Å². The third-order valence-corrected chi connectivity index (χ3v) is 6.66. The number of rotatable bonds is 5. The molecule has 4 heterocycles. The van der Waals surface area contributed by atoms with Crippen LogP contribution in [0.2, 0.25) is 0 Å². The number of carbonyl (C=O) groups excluding carboxylic acids is 1. The van der Waals surface area contributed by atoms with Gasteiger partial charge in [-0.05, 0) is 54.7 Å². The summed E-state index contributed by atoms with van der Waals surface area (Å²) in [4.78, 5) is 26.0. The van der Waals surface area contributed by atoms with E-state index in [1.165, 1.54) is 17.6 Å². The Hall–Kier alpha value is -4.40. The Morgan fingerprint density at radius 2 is 2.06 bits per heavy atom. The van der Waals surface area contributed by atoms with Crippen molar-refractivity contribution >= 4 is 39.5 Å². The number of hydrogen-bond acceptors (Lipinski definition) is 6. The van der Waals surface area contributed by atoms with E-state index in [1.54, 1.807) is 13.3 Å². The maximum atomic E-state index is 12.8. The lowest BCUT2D eigenvalue weighted by molar-refractivity contribution is -0.115. The zero-order chi connectivity index (χ0) is 24.1. The van der Waals surface area contributed by atoms with Gasteiger partial charge in [0, 0.05) is 42.3 Å². The average Bonchev–Trinajstić information content (AvgIpc) is 3.55. The largest absolute Gasteiger partial charge is 0.494 e. The van der Waals surface area contributed by atoms with Crippen molar-refractivity contribution in [2.75, 3.05) is 18.2 Å². The molecule has 0 saturated carbocycles. The van der Waals surface area contributed by atoms with E-state index < -0.39 is 0 Å². The van der Waals surface area contributed by atoms with Crippen molar-refractivity contribution in [2.45, 2.75) is 25.7 Å². The van der Waals surface area contributed by atoms with Gasteiger partial charge in [0.25, 0.3) is 0 Å². The van der Waals surface area contributed by atoms with Crippen LogP contribution in [0.3, 0.4) is 0 Å². The fraction of sp³-hybridized carbons (Fsp3) is 0.231. The molecule has 5 aromatic rings. The minimum atomic E-state index is -0.141. The number of benzene rings is 1. The highest BCUT2D eigenvalue weighted by Crippen LogP contribution is 2.38. The molecule has 0 aliphatic heterocycles. The molecule has 0 unspecified atom stereocenters. The van der Waals surface area contributed by atoms with Gasteiger partial charge in [0.15, 0.2) is 5.82 Å². The first-order valence-corrected chi connectivity index (χ1v) is 11.5. The van der Waals surface area contributed by atoms with Crippen molar-refractivity contribution in [3.8, 4) is 11.4 Å². The fourth-order valence-corrected chi connectivity index (χ4v) is 5.08. The lowest BCUT2D eigenvalue weighted by Crippen LogP contribution is -2.15. The normalized spacial score (nSPS) is 12.9. The topological polar surface area (TPSA) is 113 Å². The molecule has 0 atom stereocenters. The van der Waals surface area contributed by atoms with Gasteiger partial charge in [-0.25, -0.2) is 15.0 Å². The van der Waals surface area contributed by atoms with Gasteiger partial charge in [-0.3, -0.25) is 4.79 Å². The lowest BCUT2D eigenvalue weighted by atomic mass is 10.1. The summed E-state index contributed by atoms with van der Waals surface area (Å²) < 4.78 is 9.73. The molecule has 35 heavy (non-hydrogen) atoms. The Bertz CT molecular complexity index is 1620. The summed E-state index contributed by atoms with van der Waals surface area (Å²) in [6, 6.07) is 9.72. The van der Waals surface area contributed by atoms with Crippen LogP contribution in [0.25, 0.3) is 27.8 Å². The maximum Gasteiger partial charge on any atom is 0.228 e. The van der Waals surface area contributed by atoms with Crippen molar-refractivity contribution in [1.82, 2.24) is 24.1 Å². The zero-order valence-corrected chi connectivity index (χ0v) is 19.6. The van der Waals surface area contributed by atoms with Gasteiger partial charge in [-0.15, -0.1) is 0 Å². The Balaban J connectivity index is 1.31. The van der Waals surface area contributed by atoms with E-state index in [4.69, 9.17) is 10.5 Å². The molecule has 0 spiro atoms. The Kier molecular flexibility index (Phi) is 4.91. The van der Waals surface area contributed by atoms with Crippen molar-refractivity contribution in [3.63, 3.8) is 0 Å². The summed E-state index contributed by atoms with van der Waals surface area (Å²) in [7, 11) is 3.54. The summed E-state index contributed by atoms with van der Waals surface area (Å²) in [5.74, 6) is 0.874. The smallest absolute Gasteiger partial charge is 0.228 e. The van der Waals surface area contributed by atoms with Crippen LogP contribution in [0, 0.1) is 0 Å². The van der Waals surface area contributed by atoms with Crippen LogP contribution in [0.15, 0.2) is 49.1 Å². The van der Waals surface area contributed by atoms with Gasteiger partial charge in [-0.1, -0.05) is 0 Å². The third kappa shape index (κ3) is 3.47. The van der Waals surface area contributed by atoms with Crippen LogP contribution in [0.1, 0.15) is 23.2 Å². The van der Waals surface area contributed by atoms with Crippen LogP contribution in [-0.4, -0.2) is 37.1 Å². The SMILES string of the molecule is COc1cc(-n2c3c(c4ncnc(N)c42)CCC3)ccc1NC(=O)Cc1cnc2c(ccn2C)c1. The summed E-state index contributed by atoms with van der Waals surface area (Å²) in [5, 5.41) is 3.99. The monoisotopic (exact) mass is 467 g/mol. The highest BCUT2D eigenvalue weighted by atomic mass is 16.5. The molecule has 1 aliphatic carbocycles. The first-order valence-electron chi connectivity index (χ1n) is 11.5. The third-order valence-electron chi connectivity index (χ3n) is 6.66. The first kappa shape index (κ1) is 21.2. The number of aromatic nitrogens is 5. The van der Waals surface area contributed by atoms with Crippen LogP contribution in [0.5, 0.6) is 5.75 Å².